The molecule has 3 heteroatoms. The van der Waals surface area contributed by atoms with Gasteiger partial charge in [0.2, 0.25) is 0 Å². The molecule has 1 N–H and O–H groups in total. The number of nitrogens with one attached hydrogen (secondary N) is 1. The van der Waals surface area contributed by atoms with E-state index in [1.54, 1.807) is 0 Å². The SMILES string of the molecule is CCC(CC)[SiH2]NCCN(C)C. The van der Waals surface area contributed by atoms with Crippen LogP contribution < -0.4 is 4.98 Å². The van der Waals surface area contributed by atoms with Gasteiger partial charge < -0.3 is 9.88 Å². The molecule has 0 spiro atoms. The molecule has 0 radical (unpaired) electrons. The second kappa shape index (κ2) is 7.77. The third-order valence-electron chi connectivity index (χ3n) is 2.32. The van der Waals surface area contributed by atoms with E-state index in [2.05, 4.69) is 37.8 Å². The van der Waals surface area contributed by atoms with Gasteiger partial charge in [-0.15, -0.1) is 0 Å². The fraction of sp³-hybridized carbons (Fsp3) is 1.00. The number of hydrogen-bond acceptors (Lipinski definition) is 2. The van der Waals surface area contributed by atoms with Gasteiger partial charge in [0.15, 0.2) is 0 Å². The van der Waals surface area contributed by atoms with Crippen LogP contribution in [0.2, 0.25) is 5.54 Å². The summed E-state index contributed by atoms with van der Waals surface area (Å²) in [6, 6.07) is 0. The highest BCUT2D eigenvalue weighted by Crippen LogP contribution is 2.10. The highest BCUT2D eigenvalue weighted by atomic mass is 28.2. The molecule has 0 rings (SSSR count). The van der Waals surface area contributed by atoms with Gasteiger partial charge >= 0.3 is 0 Å². The van der Waals surface area contributed by atoms with E-state index in [0.29, 0.717) is 0 Å². The molecule has 0 aliphatic heterocycles. The van der Waals surface area contributed by atoms with Crippen LogP contribution in [0.3, 0.4) is 0 Å². The minimum Gasteiger partial charge on any atom is -0.341 e. The Morgan fingerprint density at radius 1 is 1.25 bits per heavy atom. The first-order valence-corrected chi connectivity index (χ1v) is 6.58. The predicted octanol–water partition coefficient (Wildman–Crippen LogP) is 0.830. The highest BCUT2D eigenvalue weighted by Gasteiger charge is 2.02. The Morgan fingerprint density at radius 2 is 1.83 bits per heavy atom. The summed E-state index contributed by atoms with van der Waals surface area (Å²) in [5, 5.41) is 0. The minimum absolute atomic E-state index is 0.00562. The highest BCUT2D eigenvalue weighted by molar-refractivity contribution is 6.34. The zero-order chi connectivity index (χ0) is 9.40. The van der Waals surface area contributed by atoms with Gasteiger partial charge in [-0.3, -0.25) is 0 Å². The van der Waals surface area contributed by atoms with E-state index < -0.39 is 0 Å². The zero-order valence-corrected chi connectivity index (χ0v) is 10.5. The lowest BCUT2D eigenvalue weighted by Gasteiger charge is -2.14. The van der Waals surface area contributed by atoms with Crippen LogP contribution in [-0.2, 0) is 0 Å². The summed E-state index contributed by atoms with van der Waals surface area (Å²) in [4.78, 5) is 5.85. The molecule has 0 bridgehead atoms. The zero-order valence-electron chi connectivity index (χ0n) is 9.06. The maximum absolute atomic E-state index is 3.62. The Balaban J connectivity index is 3.17. The van der Waals surface area contributed by atoms with Gasteiger partial charge in [0.25, 0.3) is 0 Å². The molecule has 2 nitrogen and oxygen atoms in total. The molecule has 74 valence electrons. The Hall–Kier alpha value is 0.137. The smallest absolute Gasteiger partial charge is 0.0947 e. The monoisotopic (exact) mass is 188 g/mol. The fourth-order valence-corrected chi connectivity index (χ4v) is 2.53. The van der Waals surface area contributed by atoms with Gasteiger partial charge in [-0.25, -0.2) is 0 Å². The molecule has 0 aromatic rings. The van der Waals surface area contributed by atoms with Crippen LogP contribution >= 0.6 is 0 Å². The lowest BCUT2D eigenvalue weighted by atomic mass is 10.3. The van der Waals surface area contributed by atoms with Gasteiger partial charge in [0.05, 0.1) is 9.68 Å². The molecule has 0 unspecified atom stereocenters. The second-order valence-corrected chi connectivity index (χ2v) is 5.75. The number of hydrogen-bond donors (Lipinski definition) is 1. The van der Waals surface area contributed by atoms with Crippen molar-refractivity contribution in [3.05, 3.63) is 0 Å². The maximum atomic E-state index is 3.62. The van der Waals surface area contributed by atoms with E-state index >= 15 is 0 Å². The molecular weight excluding hydrogens is 164 g/mol. The van der Waals surface area contributed by atoms with Crippen molar-refractivity contribution in [3.8, 4) is 0 Å². The van der Waals surface area contributed by atoms with Crippen molar-refractivity contribution in [1.82, 2.24) is 9.88 Å². The summed E-state index contributed by atoms with van der Waals surface area (Å²) in [7, 11) is 4.26. The van der Waals surface area contributed by atoms with Crippen LogP contribution in [-0.4, -0.2) is 41.8 Å². The van der Waals surface area contributed by atoms with Crippen molar-refractivity contribution in [3.63, 3.8) is 0 Å². The van der Waals surface area contributed by atoms with E-state index in [9.17, 15) is 0 Å². The molecule has 0 heterocycles. The third-order valence-corrected chi connectivity index (χ3v) is 4.70. The summed E-state index contributed by atoms with van der Waals surface area (Å²) >= 11 is 0. The summed E-state index contributed by atoms with van der Waals surface area (Å²) in [5.74, 6) is 0. The molecule has 12 heavy (non-hydrogen) atoms. The predicted molar refractivity (Wildman–Crippen MR) is 59.4 cm³/mol. The van der Waals surface area contributed by atoms with Gasteiger partial charge in [-0.05, 0) is 19.6 Å². The van der Waals surface area contributed by atoms with Crippen LogP contribution in [0.5, 0.6) is 0 Å². The van der Waals surface area contributed by atoms with Crippen molar-refractivity contribution < 1.29 is 0 Å². The molecule has 0 aliphatic carbocycles. The molecule has 0 aromatic heterocycles. The van der Waals surface area contributed by atoms with Crippen LogP contribution in [0.25, 0.3) is 0 Å². The van der Waals surface area contributed by atoms with Gasteiger partial charge in [-0.1, -0.05) is 26.7 Å². The minimum atomic E-state index is 0.00562. The van der Waals surface area contributed by atoms with Gasteiger partial charge in [0, 0.05) is 13.1 Å². The Morgan fingerprint density at radius 3 is 2.25 bits per heavy atom. The molecule has 0 saturated heterocycles. The maximum Gasteiger partial charge on any atom is 0.0947 e. The lowest BCUT2D eigenvalue weighted by molar-refractivity contribution is 0.413. The largest absolute Gasteiger partial charge is 0.341 e. The third kappa shape index (κ3) is 6.82. The first kappa shape index (κ1) is 12.1. The summed E-state index contributed by atoms with van der Waals surface area (Å²) in [6.07, 6.45) is 2.72. The van der Waals surface area contributed by atoms with Crippen LogP contribution in [0.15, 0.2) is 0 Å². The average molecular weight is 188 g/mol. The summed E-state index contributed by atoms with van der Waals surface area (Å²) < 4.78 is 0. The standard InChI is InChI=1S/C9H24N2Si/c1-5-9(6-2)12-10-7-8-11(3)4/h9-10H,5-8,12H2,1-4H3. The second-order valence-electron chi connectivity index (χ2n) is 3.69. The van der Waals surface area contributed by atoms with Crippen LogP contribution in [0.1, 0.15) is 26.7 Å². The number of nitrogens with zero attached hydrogens (tertiary/aromatic N) is 1. The summed E-state index contributed by atoms with van der Waals surface area (Å²) in [6.45, 7) is 6.95. The van der Waals surface area contributed by atoms with Crippen molar-refractivity contribution in [1.29, 1.82) is 0 Å². The van der Waals surface area contributed by atoms with E-state index in [1.165, 1.54) is 25.9 Å². The first-order chi connectivity index (χ1) is 5.70. The molecule has 0 aromatic carbocycles. The van der Waals surface area contributed by atoms with Crippen molar-refractivity contribution in [2.75, 3.05) is 27.2 Å². The molecular formula is C9H24N2Si. The van der Waals surface area contributed by atoms with E-state index in [0.717, 1.165) is 5.54 Å². The molecule has 0 atom stereocenters. The Kier molecular flexibility index (Phi) is 7.86. The summed E-state index contributed by atoms with van der Waals surface area (Å²) in [5.41, 5.74) is 1.01. The average Bonchev–Trinajstić information content (AvgIpc) is 2.04. The quantitative estimate of drug-likeness (QED) is 0.470. The molecule has 0 saturated carbocycles. The first-order valence-electron chi connectivity index (χ1n) is 5.06. The lowest BCUT2D eigenvalue weighted by Crippen LogP contribution is -2.31. The topological polar surface area (TPSA) is 15.3 Å². The molecule has 0 aliphatic rings. The van der Waals surface area contributed by atoms with Crippen molar-refractivity contribution in [2.45, 2.75) is 32.2 Å². The van der Waals surface area contributed by atoms with Gasteiger partial charge in [-0.2, -0.15) is 0 Å². The number of rotatable bonds is 7. The van der Waals surface area contributed by atoms with Crippen molar-refractivity contribution >= 4 is 9.68 Å². The normalized spacial score (nSPS) is 12.5. The van der Waals surface area contributed by atoms with Crippen LogP contribution in [0.4, 0.5) is 0 Å². The van der Waals surface area contributed by atoms with Crippen molar-refractivity contribution in [2.24, 2.45) is 0 Å². The molecule has 0 fully saturated rings. The fourth-order valence-electron chi connectivity index (χ4n) is 1.19. The van der Waals surface area contributed by atoms with E-state index in [1.807, 2.05) is 0 Å². The van der Waals surface area contributed by atoms with E-state index in [4.69, 9.17) is 0 Å². The Bertz CT molecular complexity index is 92.5. The Labute approximate surface area is 79.6 Å². The van der Waals surface area contributed by atoms with E-state index in [-0.39, 0.29) is 9.68 Å². The molecule has 0 amide bonds. The van der Waals surface area contributed by atoms with Gasteiger partial charge in [0.1, 0.15) is 0 Å². The number of likely N-dealkylation sites (N-methyl/N-ethyl adjacent to an activating group) is 1. The van der Waals surface area contributed by atoms with Crippen LogP contribution in [0, 0.1) is 0 Å².